The second-order valence-electron chi connectivity index (χ2n) is 4.37. The maximum Gasteiger partial charge on any atom is 0.312 e. The summed E-state index contributed by atoms with van der Waals surface area (Å²) in [6.45, 7) is 8.46. The number of urea groups is 1. The Kier molecular flexibility index (Phi) is 21.3. The number of nitrogens with one attached hydrogen (secondary N) is 2. The van der Waals surface area contributed by atoms with E-state index in [1.165, 1.54) is 0 Å². The van der Waals surface area contributed by atoms with Crippen molar-refractivity contribution in [2.45, 2.75) is 53.0 Å². The highest BCUT2D eigenvalue weighted by Crippen LogP contribution is 1.98. The van der Waals surface area contributed by atoms with E-state index in [-0.39, 0.29) is 17.9 Å². The van der Waals surface area contributed by atoms with Gasteiger partial charge in [-0.2, -0.15) is 0 Å². The number of hydrogen-bond acceptors (Lipinski definition) is 4. The molecule has 21 heavy (non-hydrogen) atoms. The first-order chi connectivity index (χ1) is 9.86. The van der Waals surface area contributed by atoms with Crippen molar-refractivity contribution in [2.24, 2.45) is 17.4 Å². The molecule has 0 aromatic heterocycles. The zero-order valence-corrected chi connectivity index (χ0v) is 13.9. The quantitative estimate of drug-likeness (QED) is 0.390. The largest absolute Gasteiger partial charge is 0.368 e. The van der Waals surface area contributed by atoms with Gasteiger partial charge in [0.2, 0.25) is 5.91 Å². The first-order valence-electron chi connectivity index (χ1n) is 7.30. The maximum atomic E-state index is 10.5. The zero-order chi connectivity index (χ0) is 17.3. The molecule has 0 aliphatic rings. The van der Waals surface area contributed by atoms with Crippen LogP contribution in [0.3, 0.4) is 0 Å². The summed E-state index contributed by atoms with van der Waals surface area (Å²) in [6.07, 6.45) is 3.04. The van der Waals surface area contributed by atoms with Crippen LogP contribution >= 0.6 is 0 Å². The van der Waals surface area contributed by atoms with Crippen LogP contribution in [-0.4, -0.2) is 37.9 Å². The van der Waals surface area contributed by atoms with Crippen molar-refractivity contribution in [1.82, 2.24) is 10.6 Å². The molecular weight excluding hydrogens is 272 g/mol. The van der Waals surface area contributed by atoms with Crippen LogP contribution < -0.4 is 22.1 Å². The Balaban J connectivity index is -0.000000277. The lowest BCUT2D eigenvalue weighted by atomic mass is 10.0. The van der Waals surface area contributed by atoms with Crippen LogP contribution in [0.15, 0.2) is 0 Å². The highest BCUT2D eigenvalue weighted by Gasteiger charge is 2.15. The molecule has 0 heterocycles. The lowest BCUT2D eigenvalue weighted by molar-refractivity contribution is -0.120. The third kappa shape index (κ3) is 20.8. The van der Waals surface area contributed by atoms with Gasteiger partial charge in [0.1, 0.15) is 6.29 Å². The van der Waals surface area contributed by atoms with Gasteiger partial charge in [0.25, 0.3) is 0 Å². The number of nitrogens with two attached hydrogens (primary N) is 2. The number of amides is 3. The highest BCUT2D eigenvalue weighted by molar-refractivity contribution is 5.80. The monoisotopic (exact) mass is 304 g/mol. The first-order valence-corrected chi connectivity index (χ1v) is 7.30. The molecule has 1 atom stereocenters. The van der Waals surface area contributed by atoms with Gasteiger partial charge in [0, 0.05) is 13.0 Å². The molecule has 0 rings (SSSR count). The Bertz CT molecular complexity index is 271. The minimum Gasteiger partial charge on any atom is -0.368 e. The molecule has 0 bridgehead atoms. The molecule has 0 aromatic carbocycles. The molecule has 126 valence electrons. The standard InChI is InChI=1S/C6H12N2O2.C6H14N2O.C2H6/c7-6(10)8-4-2-1-3-5-9;1-4(2)5(8-3)6(7)9;1-2/h5H,1-4H2,(H3,7,8,10);4-5,8H,1-3H3,(H2,7,9);1-2H3. The number of unbranched alkanes of at least 4 members (excludes halogenated alkanes) is 2. The van der Waals surface area contributed by atoms with Gasteiger partial charge in [-0.3, -0.25) is 4.79 Å². The van der Waals surface area contributed by atoms with Crippen molar-refractivity contribution in [1.29, 1.82) is 0 Å². The van der Waals surface area contributed by atoms with Gasteiger partial charge in [0.15, 0.2) is 0 Å². The van der Waals surface area contributed by atoms with Crippen LogP contribution in [0.4, 0.5) is 4.79 Å². The van der Waals surface area contributed by atoms with Gasteiger partial charge in [-0.15, -0.1) is 0 Å². The third-order valence-corrected chi connectivity index (χ3v) is 2.33. The fraction of sp³-hybridized carbons (Fsp3) is 0.786. The summed E-state index contributed by atoms with van der Waals surface area (Å²) in [6, 6.07) is -0.698. The van der Waals surface area contributed by atoms with Crippen LogP contribution in [0, 0.1) is 5.92 Å². The van der Waals surface area contributed by atoms with Gasteiger partial charge >= 0.3 is 6.03 Å². The predicted molar refractivity (Wildman–Crippen MR) is 85.7 cm³/mol. The second kappa shape index (κ2) is 18.4. The zero-order valence-electron chi connectivity index (χ0n) is 13.9. The minimum atomic E-state index is -0.508. The molecule has 0 saturated heterocycles. The number of rotatable bonds is 8. The van der Waals surface area contributed by atoms with Crippen LogP contribution in [0.5, 0.6) is 0 Å². The van der Waals surface area contributed by atoms with Crippen molar-refractivity contribution >= 4 is 18.2 Å². The topological polar surface area (TPSA) is 127 Å². The van der Waals surface area contributed by atoms with Crippen LogP contribution in [-0.2, 0) is 9.59 Å². The van der Waals surface area contributed by atoms with E-state index in [1.807, 2.05) is 27.7 Å². The number of carbonyl (C=O) groups is 3. The van der Waals surface area contributed by atoms with E-state index < -0.39 is 6.03 Å². The SMILES string of the molecule is CC.CNC(C(N)=O)C(C)C.NC(=O)NCCCCC=O. The number of aldehydes is 1. The summed E-state index contributed by atoms with van der Waals surface area (Å²) in [4.78, 5) is 30.4. The summed E-state index contributed by atoms with van der Waals surface area (Å²) in [5.41, 5.74) is 9.83. The Hall–Kier alpha value is -1.63. The van der Waals surface area contributed by atoms with Crippen molar-refractivity contribution in [3.63, 3.8) is 0 Å². The Morgan fingerprint density at radius 3 is 1.90 bits per heavy atom. The smallest absolute Gasteiger partial charge is 0.312 e. The maximum absolute atomic E-state index is 10.5. The Labute approximate surface area is 128 Å². The Morgan fingerprint density at radius 1 is 1.14 bits per heavy atom. The van der Waals surface area contributed by atoms with Gasteiger partial charge < -0.3 is 26.9 Å². The van der Waals surface area contributed by atoms with E-state index in [9.17, 15) is 14.4 Å². The molecule has 0 aliphatic heterocycles. The summed E-state index contributed by atoms with van der Waals surface area (Å²) >= 11 is 0. The van der Waals surface area contributed by atoms with E-state index in [0.717, 1.165) is 19.1 Å². The van der Waals surface area contributed by atoms with Gasteiger partial charge in [-0.25, -0.2) is 4.79 Å². The molecular formula is C14H32N4O3. The molecule has 3 amide bonds. The number of likely N-dealkylation sites (N-methyl/N-ethyl adjacent to an activating group) is 1. The molecule has 0 spiro atoms. The number of hydrogen-bond donors (Lipinski definition) is 4. The highest BCUT2D eigenvalue weighted by atomic mass is 16.2. The van der Waals surface area contributed by atoms with Crippen molar-refractivity contribution in [3.05, 3.63) is 0 Å². The average molecular weight is 304 g/mol. The van der Waals surface area contributed by atoms with E-state index in [4.69, 9.17) is 11.5 Å². The lowest BCUT2D eigenvalue weighted by Crippen LogP contribution is -2.42. The summed E-state index contributed by atoms with van der Waals surface area (Å²) in [7, 11) is 1.73. The summed E-state index contributed by atoms with van der Waals surface area (Å²) in [5, 5.41) is 5.25. The predicted octanol–water partition coefficient (Wildman–Crippen LogP) is 0.766. The fourth-order valence-electron chi connectivity index (χ4n) is 1.37. The molecule has 1 unspecified atom stereocenters. The molecule has 7 heteroatoms. The van der Waals surface area contributed by atoms with E-state index in [1.54, 1.807) is 7.05 Å². The normalized spacial score (nSPS) is 10.4. The molecule has 6 N–H and O–H groups in total. The van der Waals surface area contributed by atoms with Crippen molar-refractivity contribution in [2.75, 3.05) is 13.6 Å². The van der Waals surface area contributed by atoms with E-state index >= 15 is 0 Å². The third-order valence-electron chi connectivity index (χ3n) is 2.33. The fourth-order valence-corrected chi connectivity index (χ4v) is 1.37. The average Bonchev–Trinajstić information content (AvgIpc) is 2.41. The van der Waals surface area contributed by atoms with E-state index in [2.05, 4.69) is 10.6 Å². The summed E-state index contributed by atoms with van der Waals surface area (Å²) < 4.78 is 0. The molecule has 7 nitrogen and oxygen atoms in total. The minimum absolute atomic E-state index is 0.190. The molecule has 0 saturated carbocycles. The molecule has 0 aromatic rings. The molecule has 0 radical (unpaired) electrons. The molecule has 0 aliphatic carbocycles. The van der Waals surface area contributed by atoms with Crippen LogP contribution in [0.1, 0.15) is 47.0 Å². The number of primary amides is 2. The molecule has 0 fully saturated rings. The number of carbonyl (C=O) groups excluding carboxylic acids is 3. The van der Waals surface area contributed by atoms with Crippen LogP contribution in [0.2, 0.25) is 0 Å². The van der Waals surface area contributed by atoms with E-state index in [0.29, 0.717) is 13.0 Å². The van der Waals surface area contributed by atoms with Crippen LogP contribution in [0.25, 0.3) is 0 Å². The van der Waals surface area contributed by atoms with Gasteiger partial charge in [-0.1, -0.05) is 27.7 Å². The van der Waals surface area contributed by atoms with Crippen molar-refractivity contribution in [3.8, 4) is 0 Å². The lowest BCUT2D eigenvalue weighted by Gasteiger charge is -2.14. The van der Waals surface area contributed by atoms with Gasteiger partial charge in [0.05, 0.1) is 6.04 Å². The first kappa shape index (κ1) is 24.4. The van der Waals surface area contributed by atoms with Gasteiger partial charge in [-0.05, 0) is 25.8 Å². The van der Waals surface area contributed by atoms with Crippen molar-refractivity contribution < 1.29 is 14.4 Å². The Morgan fingerprint density at radius 2 is 1.67 bits per heavy atom. The summed E-state index contributed by atoms with van der Waals surface area (Å²) in [5.74, 6) is -0.0139. The second-order valence-corrected chi connectivity index (χ2v) is 4.37.